The molecule has 2 aromatic rings. The van der Waals surface area contributed by atoms with Crippen molar-refractivity contribution in [3.8, 4) is 0 Å². The van der Waals surface area contributed by atoms with E-state index in [9.17, 15) is 21.6 Å². The molecular weight excluding hydrogens is 367 g/mol. The first kappa shape index (κ1) is 15.9. The molecule has 10 heteroatoms. The lowest BCUT2D eigenvalue weighted by Gasteiger charge is -2.13. The molecule has 128 valence electrons. The number of rotatable bonds is 3. The number of hydrogen-bond acceptors (Lipinski definition) is 4. The van der Waals surface area contributed by atoms with Crippen LogP contribution in [0.3, 0.4) is 0 Å². The van der Waals surface area contributed by atoms with E-state index in [1.807, 2.05) is 0 Å². The molecule has 1 aliphatic heterocycles. The minimum atomic E-state index is -4.04. The number of fused-ring (bicyclic) bond motifs is 1. The van der Waals surface area contributed by atoms with E-state index in [4.69, 9.17) is 11.6 Å². The molecule has 1 aromatic carbocycles. The molecule has 2 aliphatic rings. The Labute approximate surface area is 140 Å². The van der Waals surface area contributed by atoms with Crippen LogP contribution in [0.15, 0.2) is 23.4 Å². The second-order valence-corrected chi connectivity index (χ2v) is 8.41. The molecule has 4 atom stereocenters. The van der Waals surface area contributed by atoms with Crippen LogP contribution in [0.5, 0.6) is 0 Å². The summed E-state index contributed by atoms with van der Waals surface area (Å²) in [6.45, 7) is 0. The van der Waals surface area contributed by atoms with Gasteiger partial charge in [0.15, 0.2) is 12.0 Å². The number of halogens is 4. The highest BCUT2D eigenvalue weighted by Gasteiger charge is 2.51. The Bertz CT molecular complexity index is 933. The molecular formula is C14H11ClF3N3O2S. The summed E-state index contributed by atoms with van der Waals surface area (Å²) >= 11 is 5.86. The third kappa shape index (κ3) is 2.33. The summed E-state index contributed by atoms with van der Waals surface area (Å²) in [7, 11) is -4.04. The Morgan fingerprint density at radius 3 is 2.62 bits per heavy atom. The van der Waals surface area contributed by atoms with Gasteiger partial charge in [0, 0.05) is 17.0 Å². The Balaban J connectivity index is 1.78. The van der Waals surface area contributed by atoms with Crippen molar-refractivity contribution in [1.82, 2.24) is 14.8 Å². The van der Waals surface area contributed by atoms with Gasteiger partial charge in [-0.3, -0.25) is 0 Å². The second kappa shape index (κ2) is 5.19. The number of hydrogen-bond donors (Lipinski definition) is 0. The van der Waals surface area contributed by atoms with Crippen LogP contribution in [-0.2, 0) is 9.84 Å². The van der Waals surface area contributed by atoms with Crippen LogP contribution < -0.4 is 0 Å². The van der Waals surface area contributed by atoms with Gasteiger partial charge in [-0.15, -0.1) is 5.10 Å². The second-order valence-electron chi connectivity index (χ2n) is 5.92. The van der Waals surface area contributed by atoms with Crippen LogP contribution in [-0.4, -0.2) is 34.6 Å². The molecule has 4 rings (SSSR count). The van der Waals surface area contributed by atoms with E-state index in [-0.39, 0.29) is 29.3 Å². The van der Waals surface area contributed by atoms with Crippen molar-refractivity contribution in [2.45, 2.75) is 41.6 Å². The van der Waals surface area contributed by atoms with Crippen molar-refractivity contribution in [3.05, 3.63) is 40.4 Å². The predicted octanol–water partition coefficient (Wildman–Crippen LogP) is 2.96. The van der Waals surface area contributed by atoms with Gasteiger partial charge in [-0.05, 0) is 24.6 Å². The Hall–Kier alpha value is -1.61. The first-order valence-corrected chi connectivity index (χ1v) is 9.15. The van der Waals surface area contributed by atoms with Gasteiger partial charge in [-0.1, -0.05) is 11.6 Å². The van der Waals surface area contributed by atoms with Gasteiger partial charge < -0.3 is 0 Å². The Morgan fingerprint density at radius 2 is 1.96 bits per heavy atom. The summed E-state index contributed by atoms with van der Waals surface area (Å²) in [5.41, 5.74) is 0.104. The molecule has 0 N–H and O–H groups in total. The van der Waals surface area contributed by atoms with Crippen LogP contribution >= 0.6 is 11.6 Å². The van der Waals surface area contributed by atoms with Crippen LogP contribution in [0.2, 0.25) is 5.02 Å². The van der Waals surface area contributed by atoms with Gasteiger partial charge in [0.1, 0.15) is 17.2 Å². The molecule has 2 heterocycles. The molecule has 0 bridgehead atoms. The minimum Gasteiger partial charge on any atom is -0.246 e. The summed E-state index contributed by atoms with van der Waals surface area (Å²) in [6, 6.07) is 2.99. The van der Waals surface area contributed by atoms with E-state index in [0.717, 1.165) is 10.7 Å². The van der Waals surface area contributed by atoms with Crippen molar-refractivity contribution in [1.29, 1.82) is 0 Å². The fourth-order valence-corrected chi connectivity index (χ4v) is 4.61. The molecule has 1 aromatic heterocycles. The third-order valence-corrected chi connectivity index (χ3v) is 6.47. The standard InChI is InChI=1S/C14H11ClF3N3O2S/c15-6-1-2-8(16)7(3-6)11-4-10(18)13-19-14(20-21(11)13)24(22,23)12-5-9(12)17/h1-3,9-12H,4-5H2/t9?,10-,11-,12?/m0/s1. The largest absolute Gasteiger partial charge is 0.267 e. The molecule has 1 saturated carbocycles. The van der Waals surface area contributed by atoms with E-state index >= 15 is 0 Å². The molecule has 0 amide bonds. The number of sulfone groups is 1. The fraction of sp³-hybridized carbons (Fsp3) is 0.429. The first-order valence-electron chi connectivity index (χ1n) is 7.22. The summed E-state index contributed by atoms with van der Waals surface area (Å²) in [6.07, 6.45) is -3.28. The molecule has 0 spiro atoms. The maximum atomic E-state index is 14.2. The average Bonchev–Trinajstić information content (AvgIpc) is 2.98. The normalized spacial score (nSPS) is 28.8. The van der Waals surface area contributed by atoms with E-state index in [2.05, 4.69) is 10.1 Å². The highest BCUT2D eigenvalue weighted by Crippen LogP contribution is 2.42. The smallest absolute Gasteiger partial charge is 0.246 e. The zero-order valence-corrected chi connectivity index (χ0v) is 13.6. The number of benzene rings is 1. The zero-order chi connectivity index (χ0) is 17.2. The number of aromatic nitrogens is 3. The lowest BCUT2D eigenvalue weighted by atomic mass is 10.0. The SMILES string of the molecule is O=S(=O)(c1nc2n(n1)[C@H](c1cc(Cl)ccc1F)C[C@@H]2F)C1CC1F. The van der Waals surface area contributed by atoms with Crippen molar-refractivity contribution in [2.75, 3.05) is 0 Å². The van der Waals surface area contributed by atoms with E-state index in [0.29, 0.717) is 0 Å². The van der Waals surface area contributed by atoms with Gasteiger partial charge in [-0.25, -0.2) is 26.3 Å². The molecule has 0 radical (unpaired) electrons. The summed E-state index contributed by atoms with van der Waals surface area (Å²) in [4.78, 5) is 3.73. The van der Waals surface area contributed by atoms with Gasteiger partial charge in [-0.2, -0.15) is 4.98 Å². The maximum absolute atomic E-state index is 14.2. The average molecular weight is 378 g/mol. The molecule has 0 saturated heterocycles. The molecule has 2 unspecified atom stereocenters. The predicted molar refractivity (Wildman–Crippen MR) is 78.5 cm³/mol. The topological polar surface area (TPSA) is 64.8 Å². The minimum absolute atomic E-state index is 0.104. The van der Waals surface area contributed by atoms with Crippen molar-refractivity contribution in [2.24, 2.45) is 0 Å². The fourth-order valence-electron chi connectivity index (χ4n) is 2.91. The third-order valence-electron chi connectivity index (χ3n) is 4.27. The lowest BCUT2D eigenvalue weighted by Crippen LogP contribution is -2.14. The van der Waals surface area contributed by atoms with E-state index in [1.165, 1.54) is 12.1 Å². The van der Waals surface area contributed by atoms with Gasteiger partial charge >= 0.3 is 0 Å². The van der Waals surface area contributed by atoms with Crippen molar-refractivity contribution >= 4 is 21.4 Å². The first-order chi connectivity index (χ1) is 11.3. The maximum Gasteiger partial charge on any atom is 0.267 e. The van der Waals surface area contributed by atoms with Gasteiger partial charge in [0.25, 0.3) is 5.16 Å². The molecule has 1 aliphatic carbocycles. The van der Waals surface area contributed by atoms with Gasteiger partial charge in [0.05, 0.1) is 6.04 Å². The molecule has 5 nitrogen and oxygen atoms in total. The van der Waals surface area contributed by atoms with Crippen LogP contribution in [0.4, 0.5) is 13.2 Å². The highest BCUT2D eigenvalue weighted by molar-refractivity contribution is 7.92. The lowest BCUT2D eigenvalue weighted by molar-refractivity contribution is 0.325. The van der Waals surface area contributed by atoms with Crippen molar-refractivity contribution in [3.63, 3.8) is 0 Å². The van der Waals surface area contributed by atoms with Crippen LogP contribution in [0, 0.1) is 5.82 Å². The van der Waals surface area contributed by atoms with Crippen molar-refractivity contribution < 1.29 is 21.6 Å². The molecule has 1 fully saturated rings. The zero-order valence-electron chi connectivity index (χ0n) is 12.0. The van der Waals surface area contributed by atoms with Crippen LogP contribution in [0.1, 0.15) is 36.4 Å². The van der Waals surface area contributed by atoms with Gasteiger partial charge in [0.2, 0.25) is 9.84 Å². The summed E-state index contributed by atoms with van der Waals surface area (Å²) in [5, 5.41) is 2.31. The Morgan fingerprint density at radius 1 is 1.25 bits per heavy atom. The van der Waals surface area contributed by atoms with E-state index < -0.39 is 44.4 Å². The quantitative estimate of drug-likeness (QED) is 0.825. The number of alkyl halides is 2. The van der Waals surface area contributed by atoms with Crippen LogP contribution in [0.25, 0.3) is 0 Å². The number of nitrogens with zero attached hydrogens (tertiary/aromatic N) is 3. The summed E-state index contributed by atoms with van der Waals surface area (Å²) in [5.74, 6) is -0.801. The highest BCUT2D eigenvalue weighted by atomic mass is 35.5. The monoisotopic (exact) mass is 377 g/mol. The summed E-state index contributed by atoms with van der Waals surface area (Å²) < 4.78 is 66.8. The van der Waals surface area contributed by atoms with E-state index in [1.54, 1.807) is 0 Å². The molecule has 24 heavy (non-hydrogen) atoms. The Kier molecular flexibility index (Phi) is 3.44.